The van der Waals surface area contributed by atoms with Crippen molar-refractivity contribution in [2.24, 2.45) is 0 Å². The van der Waals surface area contributed by atoms with E-state index in [2.05, 4.69) is 21.2 Å². The molecule has 172 valence electrons. The smallest absolute Gasteiger partial charge is 0.344 e. The molecular weight excluding hydrogens is 512 g/mol. The number of nitrogens with zero attached hydrogens (tertiary/aromatic N) is 1. The Bertz CT molecular complexity index is 1120. The summed E-state index contributed by atoms with van der Waals surface area (Å²) in [5, 5.41) is 2.13. The van der Waals surface area contributed by atoms with E-state index >= 15 is 0 Å². The van der Waals surface area contributed by atoms with Gasteiger partial charge < -0.3 is 14.8 Å². The molecule has 0 unspecified atom stereocenters. The fraction of sp³-hybridized carbons (Fsp3) is 0.217. The van der Waals surface area contributed by atoms with Gasteiger partial charge in [0, 0.05) is 15.7 Å². The number of imide groups is 1. The second kappa shape index (κ2) is 11.2. The fourth-order valence-corrected chi connectivity index (χ4v) is 4.07. The van der Waals surface area contributed by atoms with Crippen LogP contribution in [0, 0.1) is 6.92 Å². The van der Waals surface area contributed by atoms with Gasteiger partial charge in [0.05, 0.1) is 11.5 Å². The van der Waals surface area contributed by atoms with Crippen molar-refractivity contribution >= 4 is 62.5 Å². The molecule has 0 saturated carbocycles. The van der Waals surface area contributed by atoms with E-state index in [9.17, 15) is 19.2 Å². The molecule has 2 aromatic rings. The Morgan fingerprint density at radius 3 is 2.58 bits per heavy atom. The average Bonchev–Trinajstić information content (AvgIpc) is 3.02. The summed E-state index contributed by atoms with van der Waals surface area (Å²) in [7, 11) is 0. The minimum Gasteiger partial charge on any atom is -0.481 e. The number of benzene rings is 2. The molecule has 0 bridgehead atoms. The van der Waals surface area contributed by atoms with Crippen LogP contribution < -0.4 is 10.1 Å². The van der Waals surface area contributed by atoms with Gasteiger partial charge >= 0.3 is 5.97 Å². The normalized spacial score (nSPS) is 14.5. The van der Waals surface area contributed by atoms with Gasteiger partial charge in [-0.2, -0.15) is 0 Å². The predicted octanol–water partition coefficient (Wildman–Crippen LogP) is 4.37. The Morgan fingerprint density at radius 1 is 1.15 bits per heavy atom. The number of hydrogen-bond donors (Lipinski definition) is 1. The number of carbonyl (C=O) groups is 4. The molecule has 1 saturated heterocycles. The third kappa shape index (κ3) is 6.69. The highest BCUT2D eigenvalue weighted by atomic mass is 79.9. The van der Waals surface area contributed by atoms with Gasteiger partial charge in [0.2, 0.25) is 5.91 Å². The van der Waals surface area contributed by atoms with E-state index in [-0.39, 0.29) is 18.1 Å². The second-order valence-electron chi connectivity index (χ2n) is 6.96. The molecule has 1 aliphatic heterocycles. The number of anilines is 1. The number of halogens is 1. The Labute approximate surface area is 203 Å². The molecule has 2 aromatic carbocycles. The highest BCUT2D eigenvalue weighted by Crippen LogP contribution is 2.34. The maximum Gasteiger partial charge on any atom is 0.344 e. The molecule has 0 radical (unpaired) electrons. The van der Waals surface area contributed by atoms with Gasteiger partial charge in [-0.05, 0) is 62.0 Å². The summed E-state index contributed by atoms with van der Waals surface area (Å²) in [6.07, 6.45) is 1.49. The number of hydrogen-bond acceptors (Lipinski definition) is 7. The zero-order valence-electron chi connectivity index (χ0n) is 17.9. The summed E-state index contributed by atoms with van der Waals surface area (Å²) in [4.78, 5) is 50.2. The second-order valence-corrected chi connectivity index (χ2v) is 8.87. The topological polar surface area (TPSA) is 102 Å². The standard InChI is InChI=1S/C23H21BrN2O6S/c1-3-31-21(28)13-32-18-9-6-16(24)10-15(18)11-19-22(29)26(23(30)33-19)12-20(27)25-17-7-4-14(2)5-8-17/h4-11H,3,12-13H2,1-2H3,(H,25,27)/b19-11-. The van der Waals surface area contributed by atoms with Gasteiger partial charge in [-0.15, -0.1) is 0 Å². The number of esters is 1. The molecule has 1 aliphatic rings. The lowest BCUT2D eigenvalue weighted by Crippen LogP contribution is -2.36. The van der Waals surface area contributed by atoms with E-state index in [1.807, 2.05) is 19.1 Å². The molecule has 0 aliphatic carbocycles. The average molecular weight is 533 g/mol. The molecule has 3 rings (SSSR count). The Kier molecular flexibility index (Phi) is 8.29. The maximum absolute atomic E-state index is 12.8. The van der Waals surface area contributed by atoms with E-state index in [0.717, 1.165) is 22.2 Å². The monoisotopic (exact) mass is 532 g/mol. The zero-order chi connectivity index (χ0) is 24.0. The molecule has 0 atom stereocenters. The molecule has 3 amide bonds. The van der Waals surface area contributed by atoms with E-state index < -0.39 is 29.6 Å². The van der Waals surface area contributed by atoms with Gasteiger partial charge in [-0.1, -0.05) is 33.6 Å². The first-order valence-electron chi connectivity index (χ1n) is 9.96. The lowest BCUT2D eigenvalue weighted by atomic mass is 10.2. The minimum atomic E-state index is -0.583. The summed E-state index contributed by atoms with van der Waals surface area (Å²) in [5.74, 6) is -1.25. The third-order valence-corrected chi connectivity index (χ3v) is 5.82. The van der Waals surface area contributed by atoms with Crippen LogP contribution in [0.15, 0.2) is 51.8 Å². The van der Waals surface area contributed by atoms with Crippen LogP contribution in [0.2, 0.25) is 0 Å². The van der Waals surface area contributed by atoms with Crippen LogP contribution in [0.4, 0.5) is 10.5 Å². The number of rotatable bonds is 8. The third-order valence-electron chi connectivity index (χ3n) is 4.42. The van der Waals surface area contributed by atoms with E-state index in [1.165, 1.54) is 6.08 Å². The Balaban J connectivity index is 1.72. The zero-order valence-corrected chi connectivity index (χ0v) is 20.3. The van der Waals surface area contributed by atoms with E-state index in [0.29, 0.717) is 21.5 Å². The van der Waals surface area contributed by atoms with Crippen molar-refractivity contribution in [3.63, 3.8) is 0 Å². The number of aryl methyl sites for hydroxylation is 1. The Hall–Kier alpha value is -3.11. The number of thioether (sulfide) groups is 1. The lowest BCUT2D eigenvalue weighted by molar-refractivity contribution is -0.145. The maximum atomic E-state index is 12.8. The first-order chi connectivity index (χ1) is 15.8. The van der Waals surface area contributed by atoms with Gasteiger partial charge in [0.25, 0.3) is 11.1 Å². The highest BCUT2D eigenvalue weighted by Gasteiger charge is 2.36. The molecule has 8 nitrogen and oxygen atoms in total. The molecule has 1 heterocycles. The predicted molar refractivity (Wildman–Crippen MR) is 129 cm³/mol. The summed E-state index contributed by atoms with van der Waals surface area (Å²) in [6.45, 7) is 3.16. The van der Waals surface area contributed by atoms with Gasteiger partial charge in [0.1, 0.15) is 12.3 Å². The molecule has 1 N–H and O–H groups in total. The van der Waals surface area contributed by atoms with E-state index in [1.54, 1.807) is 37.3 Å². The molecule has 1 fully saturated rings. The number of amides is 3. The van der Waals surface area contributed by atoms with E-state index in [4.69, 9.17) is 9.47 Å². The summed E-state index contributed by atoms with van der Waals surface area (Å²) in [6, 6.07) is 12.2. The van der Waals surface area contributed by atoms with Crippen molar-refractivity contribution in [2.75, 3.05) is 25.1 Å². The van der Waals surface area contributed by atoms with Crippen LogP contribution >= 0.6 is 27.7 Å². The van der Waals surface area contributed by atoms with Gasteiger partial charge in [-0.25, -0.2) is 4.79 Å². The van der Waals surface area contributed by atoms with Crippen molar-refractivity contribution in [1.29, 1.82) is 0 Å². The van der Waals surface area contributed by atoms with Crippen LogP contribution in [-0.4, -0.2) is 47.7 Å². The van der Waals surface area contributed by atoms with Crippen molar-refractivity contribution in [1.82, 2.24) is 4.90 Å². The van der Waals surface area contributed by atoms with Crippen LogP contribution in [0.25, 0.3) is 6.08 Å². The van der Waals surface area contributed by atoms with Crippen molar-refractivity contribution in [3.8, 4) is 5.75 Å². The number of carbonyl (C=O) groups excluding carboxylic acids is 4. The van der Waals surface area contributed by atoms with Crippen LogP contribution in [0.3, 0.4) is 0 Å². The van der Waals surface area contributed by atoms with Crippen molar-refractivity contribution in [2.45, 2.75) is 13.8 Å². The van der Waals surface area contributed by atoms with Crippen molar-refractivity contribution < 1.29 is 28.7 Å². The largest absolute Gasteiger partial charge is 0.481 e. The summed E-state index contributed by atoms with van der Waals surface area (Å²) in [5.41, 5.74) is 2.11. The minimum absolute atomic E-state index is 0.141. The fourth-order valence-electron chi connectivity index (χ4n) is 2.86. The first-order valence-corrected chi connectivity index (χ1v) is 11.6. The molecule has 0 spiro atoms. The summed E-state index contributed by atoms with van der Waals surface area (Å²) >= 11 is 4.09. The number of nitrogens with one attached hydrogen (secondary N) is 1. The van der Waals surface area contributed by atoms with Gasteiger partial charge in [-0.3, -0.25) is 19.3 Å². The molecular formula is C23H21BrN2O6S. The number of ether oxygens (including phenoxy) is 2. The Morgan fingerprint density at radius 2 is 1.88 bits per heavy atom. The lowest BCUT2D eigenvalue weighted by Gasteiger charge is -2.12. The van der Waals surface area contributed by atoms with Gasteiger partial charge in [0.15, 0.2) is 6.61 Å². The highest BCUT2D eigenvalue weighted by molar-refractivity contribution is 9.10. The van der Waals surface area contributed by atoms with Crippen LogP contribution in [0.1, 0.15) is 18.1 Å². The van der Waals surface area contributed by atoms with Crippen LogP contribution in [0.5, 0.6) is 5.75 Å². The molecule has 0 aromatic heterocycles. The molecule has 33 heavy (non-hydrogen) atoms. The SMILES string of the molecule is CCOC(=O)COc1ccc(Br)cc1/C=C1\SC(=O)N(CC(=O)Nc2ccc(C)cc2)C1=O. The molecule has 10 heteroatoms. The first kappa shape index (κ1) is 24.5. The summed E-state index contributed by atoms with van der Waals surface area (Å²) < 4.78 is 11.1. The quantitative estimate of drug-likeness (QED) is 0.397. The van der Waals surface area contributed by atoms with Crippen molar-refractivity contribution in [3.05, 3.63) is 63.0 Å². The van der Waals surface area contributed by atoms with Crippen LogP contribution in [-0.2, 0) is 19.1 Å².